The smallest absolute Gasteiger partial charge is 0.240 e. The van der Waals surface area contributed by atoms with Gasteiger partial charge in [-0.05, 0) is 50.3 Å². The van der Waals surface area contributed by atoms with Gasteiger partial charge in [0.15, 0.2) is 0 Å². The molecule has 2 aliphatic rings. The van der Waals surface area contributed by atoms with Gasteiger partial charge in [-0.2, -0.15) is 0 Å². The minimum absolute atomic E-state index is 0.0548. The Hall–Kier alpha value is -1.88. The van der Waals surface area contributed by atoms with E-state index in [1.807, 2.05) is 31.2 Å². The fourth-order valence-corrected chi connectivity index (χ4v) is 3.28. The standard InChI is InChI=1S/C19H27N3O2/c1-13(21-18(24)19(20)11-3-2-4-12-19)14-7-9-16(10-8-14)22-17(23)15-5-6-15/h7-10,13,15H,2-6,11-12,20H2,1H3,(H,21,24)(H,22,23). The van der Waals surface area contributed by atoms with Gasteiger partial charge in [0.2, 0.25) is 11.8 Å². The summed E-state index contributed by atoms with van der Waals surface area (Å²) in [5, 5.41) is 5.97. The second-order valence-corrected chi connectivity index (χ2v) is 7.30. The molecule has 1 aromatic rings. The van der Waals surface area contributed by atoms with Crippen LogP contribution in [0.15, 0.2) is 24.3 Å². The molecular weight excluding hydrogens is 302 g/mol. The van der Waals surface area contributed by atoms with Gasteiger partial charge in [0, 0.05) is 11.6 Å². The van der Waals surface area contributed by atoms with Crippen LogP contribution in [0.4, 0.5) is 5.69 Å². The third-order valence-electron chi connectivity index (χ3n) is 5.17. The van der Waals surface area contributed by atoms with E-state index in [0.717, 1.165) is 56.2 Å². The molecule has 0 bridgehead atoms. The van der Waals surface area contributed by atoms with E-state index in [1.54, 1.807) is 0 Å². The normalized spacial score (nSPS) is 20.9. The Balaban J connectivity index is 1.57. The van der Waals surface area contributed by atoms with Crippen LogP contribution in [0.25, 0.3) is 0 Å². The van der Waals surface area contributed by atoms with E-state index in [2.05, 4.69) is 10.6 Å². The molecule has 130 valence electrons. The van der Waals surface area contributed by atoms with Crippen molar-refractivity contribution in [2.75, 3.05) is 5.32 Å². The number of carbonyl (C=O) groups excluding carboxylic acids is 2. The molecule has 2 amide bonds. The Kier molecular flexibility index (Phi) is 4.90. The summed E-state index contributed by atoms with van der Waals surface area (Å²) in [4.78, 5) is 24.3. The number of hydrogen-bond donors (Lipinski definition) is 3. The van der Waals surface area contributed by atoms with Gasteiger partial charge < -0.3 is 16.4 Å². The molecule has 0 saturated heterocycles. The predicted molar refractivity (Wildman–Crippen MR) is 94.4 cm³/mol. The van der Waals surface area contributed by atoms with Crippen molar-refractivity contribution < 1.29 is 9.59 Å². The molecule has 2 fully saturated rings. The Bertz CT molecular complexity index is 602. The largest absolute Gasteiger partial charge is 0.348 e. The third-order valence-corrected chi connectivity index (χ3v) is 5.17. The molecule has 3 rings (SSSR count). The average molecular weight is 329 g/mol. The van der Waals surface area contributed by atoms with E-state index in [1.165, 1.54) is 0 Å². The third kappa shape index (κ3) is 3.96. The minimum Gasteiger partial charge on any atom is -0.348 e. The van der Waals surface area contributed by atoms with Gasteiger partial charge in [0.25, 0.3) is 0 Å². The highest BCUT2D eigenvalue weighted by Crippen LogP contribution is 2.30. The van der Waals surface area contributed by atoms with Crippen molar-refractivity contribution in [1.82, 2.24) is 5.32 Å². The van der Waals surface area contributed by atoms with E-state index >= 15 is 0 Å². The molecule has 1 unspecified atom stereocenters. The lowest BCUT2D eigenvalue weighted by atomic mass is 9.81. The first-order valence-electron chi connectivity index (χ1n) is 8.99. The van der Waals surface area contributed by atoms with Gasteiger partial charge >= 0.3 is 0 Å². The van der Waals surface area contributed by atoms with Gasteiger partial charge in [0.05, 0.1) is 11.6 Å². The molecule has 2 saturated carbocycles. The van der Waals surface area contributed by atoms with Crippen LogP contribution in [-0.2, 0) is 9.59 Å². The molecule has 5 nitrogen and oxygen atoms in total. The van der Waals surface area contributed by atoms with Crippen LogP contribution in [0.3, 0.4) is 0 Å². The zero-order valence-electron chi connectivity index (χ0n) is 14.3. The lowest BCUT2D eigenvalue weighted by molar-refractivity contribution is -0.128. The Labute approximate surface area is 143 Å². The summed E-state index contributed by atoms with van der Waals surface area (Å²) in [6, 6.07) is 7.55. The lowest BCUT2D eigenvalue weighted by Crippen LogP contribution is -2.55. The van der Waals surface area contributed by atoms with Gasteiger partial charge in [-0.25, -0.2) is 0 Å². The monoisotopic (exact) mass is 329 g/mol. The van der Waals surface area contributed by atoms with Crippen molar-refractivity contribution in [3.05, 3.63) is 29.8 Å². The van der Waals surface area contributed by atoms with E-state index in [0.29, 0.717) is 0 Å². The maximum atomic E-state index is 12.5. The number of benzene rings is 1. The number of amides is 2. The number of nitrogens with two attached hydrogens (primary N) is 1. The molecule has 0 radical (unpaired) electrons. The predicted octanol–water partition coefficient (Wildman–Crippen LogP) is 2.87. The van der Waals surface area contributed by atoms with Crippen LogP contribution >= 0.6 is 0 Å². The van der Waals surface area contributed by atoms with E-state index in [-0.39, 0.29) is 23.8 Å². The molecule has 0 aliphatic heterocycles. The van der Waals surface area contributed by atoms with E-state index in [9.17, 15) is 9.59 Å². The maximum Gasteiger partial charge on any atom is 0.240 e. The van der Waals surface area contributed by atoms with Crippen molar-refractivity contribution in [3.63, 3.8) is 0 Å². The fourth-order valence-electron chi connectivity index (χ4n) is 3.28. The molecule has 0 aromatic heterocycles. The molecule has 5 heteroatoms. The van der Waals surface area contributed by atoms with Crippen LogP contribution in [0.5, 0.6) is 0 Å². The van der Waals surface area contributed by atoms with Gasteiger partial charge in [0.1, 0.15) is 0 Å². The summed E-state index contributed by atoms with van der Waals surface area (Å²) >= 11 is 0. The van der Waals surface area contributed by atoms with Gasteiger partial charge in [-0.15, -0.1) is 0 Å². The van der Waals surface area contributed by atoms with Crippen LogP contribution in [-0.4, -0.2) is 17.4 Å². The second kappa shape index (κ2) is 6.93. The summed E-state index contributed by atoms with van der Waals surface area (Å²) in [5.74, 6) is 0.242. The summed E-state index contributed by atoms with van der Waals surface area (Å²) in [6.07, 6.45) is 6.72. The Morgan fingerprint density at radius 2 is 1.75 bits per heavy atom. The number of carbonyl (C=O) groups is 2. The molecule has 0 spiro atoms. The molecule has 0 heterocycles. The van der Waals surface area contributed by atoms with Crippen molar-refractivity contribution >= 4 is 17.5 Å². The topological polar surface area (TPSA) is 84.2 Å². The van der Waals surface area contributed by atoms with Crippen LogP contribution in [0, 0.1) is 5.92 Å². The molecule has 2 aliphatic carbocycles. The highest BCUT2D eigenvalue weighted by atomic mass is 16.2. The summed E-state index contributed by atoms with van der Waals surface area (Å²) in [7, 11) is 0. The van der Waals surface area contributed by atoms with Crippen molar-refractivity contribution in [2.45, 2.75) is 63.5 Å². The quantitative estimate of drug-likeness (QED) is 0.776. The molecule has 1 aromatic carbocycles. The Morgan fingerprint density at radius 3 is 2.33 bits per heavy atom. The van der Waals surface area contributed by atoms with Gasteiger partial charge in [-0.3, -0.25) is 9.59 Å². The summed E-state index contributed by atoms with van der Waals surface area (Å²) in [6.45, 7) is 1.96. The summed E-state index contributed by atoms with van der Waals surface area (Å²) in [5.41, 5.74) is 7.37. The number of hydrogen-bond acceptors (Lipinski definition) is 3. The van der Waals surface area contributed by atoms with Crippen LogP contribution in [0.1, 0.15) is 63.5 Å². The lowest BCUT2D eigenvalue weighted by Gasteiger charge is -2.33. The van der Waals surface area contributed by atoms with Crippen molar-refractivity contribution in [3.8, 4) is 0 Å². The second-order valence-electron chi connectivity index (χ2n) is 7.30. The van der Waals surface area contributed by atoms with Crippen LogP contribution in [0.2, 0.25) is 0 Å². The van der Waals surface area contributed by atoms with Crippen molar-refractivity contribution in [1.29, 1.82) is 0 Å². The highest BCUT2D eigenvalue weighted by Gasteiger charge is 2.35. The molecule has 1 atom stereocenters. The average Bonchev–Trinajstić information content (AvgIpc) is 3.41. The zero-order valence-corrected chi connectivity index (χ0v) is 14.3. The maximum absolute atomic E-state index is 12.5. The summed E-state index contributed by atoms with van der Waals surface area (Å²) < 4.78 is 0. The number of rotatable bonds is 5. The fraction of sp³-hybridized carbons (Fsp3) is 0.579. The first-order valence-corrected chi connectivity index (χ1v) is 8.99. The number of anilines is 1. The van der Waals surface area contributed by atoms with Crippen molar-refractivity contribution in [2.24, 2.45) is 11.7 Å². The van der Waals surface area contributed by atoms with E-state index in [4.69, 9.17) is 5.73 Å². The van der Waals surface area contributed by atoms with Gasteiger partial charge in [-0.1, -0.05) is 31.4 Å². The molecule has 24 heavy (non-hydrogen) atoms. The highest BCUT2D eigenvalue weighted by molar-refractivity contribution is 5.94. The number of nitrogens with one attached hydrogen (secondary N) is 2. The Morgan fingerprint density at radius 1 is 1.12 bits per heavy atom. The minimum atomic E-state index is -0.718. The zero-order chi connectivity index (χ0) is 17.2. The molecule has 4 N–H and O–H groups in total. The SMILES string of the molecule is CC(NC(=O)C1(N)CCCCC1)c1ccc(NC(=O)C2CC2)cc1. The molecular formula is C19H27N3O2. The van der Waals surface area contributed by atoms with E-state index < -0.39 is 5.54 Å². The first-order chi connectivity index (χ1) is 11.5. The van der Waals surface area contributed by atoms with Crippen LogP contribution < -0.4 is 16.4 Å². The first kappa shape index (κ1) is 17.0.